The first-order valence-electron chi connectivity index (χ1n) is 7.40. The number of hydrogen-bond donors (Lipinski definition) is 1. The van der Waals surface area contributed by atoms with E-state index in [-0.39, 0.29) is 11.3 Å². The third kappa shape index (κ3) is 4.99. The monoisotopic (exact) mass is 346 g/mol. The molecule has 0 fully saturated rings. The molecule has 0 atom stereocenters. The first-order valence-corrected chi connectivity index (χ1v) is 8.63. The van der Waals surface area contributed by atoms with Crippen LogP contribution in [-0.4, -0.2) is 30.2 Å². The lowest BCUT2D eigenvalue weighted by molar-refractivity contribution is -0.385. The number of carbonyl (C=O) groups excluding carboxylic acids is 1. The van der Waals surface area contributed by atoms with Crippen LogP contribution in [0.1, 0.15) is 16.8 Å². The number of nitro benzene ring substituents is 1. The van der Waals surface area contributed by atoms with E-state index in [0.29, 0.717) is 19.6 Å². The zero-order valence-corrected chi connectivity index (χ0v) is 14.0. The maximum atomic E-state index is 12.2. The van der Waals surface area contributed by atoms with Crippen LogP contribution < -0.4 is 10.1 Å². The fourth-order valence-corrected chi connectivity index (χ4v) is 2.50. The van der Waals surface area contributed by atoms with E-state index in [9.17, 15) is 14.9 Å². The van der Waals surface area contributed by atoms with E-state index < -0.39 is 10.8 Å². The number of amides is 1. The summed E-state index contributed by atoms with van der Waals surface area (Å²) >= 11 is 1.43. The van der Waals surface area contributed by atoms with Gasteiger partial charge in [0.2, 0.25) is 0 Å². The van der Waals surface area contributed by atoms with Crippen LogP contribution in [0.25, 0.3) is 0 Å². The maximum Gasteiger partial charge on any atom is 0.282 e. The van der Waals surface area contributed by atoms with Gasteiger partial charge in [0.05, 0.1) is 11.5 Å². The molecular weight excluding hydrogens is 328 g/mol. The van der Waals surface area contributed by atoms with Crippen LogP contribution in [0.15, 0.2) is 53.4 Å². The van der Waals surface area contributed by atoms with Gasteiger partial charge in [0.1, 0.15) is 11.3 Å². The number of hydrogen-bond acceptors (Lipinski definition) is 5. The Hall–Kier alpha value is -2.54. The molecule has 0 saturated heterocycles. The Morgan fingerprint density at radius 2 is 2.00 bits per heavy atom. The van der Waals surface area contributed by atoms with Crippen molar-refractivity contribution in [1.82, 2.24) is 5.32 Å². The van der Waals surface area contributed by atoms with Gasteiger partial charge >= 0.3 is 0 Å². The lowest BCUT2D eigenvalue weighted by Gasteiger charge is -2.08. The van der Waals surface area contributed by atoms with Crippen molar-refractivity contribution in [1.29, 1.82) is 0 Å². The van der Waals surface area contributed by atoms with E-state index in [1.165, 1.54) is 17.8 Å². The minimum absolute atomic E-state index is 0.0795. The van der Waals surface area contributed by atoms with E-state index in [1.54, 1.807) is 12.1 Å². The maximum absolute atomic E-state index is 12.2. The van der Waals surface area contributed by atoms with Gasteiger partial charge in [0.15, 0.2) is 0 Å². The van der Waals surface area contributed by atoms with Crippen LogP contribution in [0.5, 0.6) is 5.75 Å². The molecule has 0 saturated carbocycles. The highest BCUT2D eigenvalue weighted by molar-refractivity contribution is 7.98. The number of rotatable bonds is 8. The highest BCUT2D eigenvalue weighted by Crippen LogP contribution is 2.24. The number of nitro groups is 1. The first kappa shape index (κ1) is 17.8. The summed E-state index contributed by atoms with van der Waals surface area (Å²) in [5.41, 5.74) is -0.110. The minimum Gasteiger partial charge on any atom is -0.494 e. The average molecular weight is 346 g/mol. The largest absolute Gasteiger partial charge is 0.494 e. The van der Waals surface area contributed by atoms with Crippen LogP contribution in [0.3, 0.4) is 0 Å². The molecule has 6 nitrogen and oxygen atoms in total. The Kier molecular flexibility index (Phi) is 6.62. The standard InChI is InChI=1S/C17H18N2O4S/c1-24-14-8-9-16(19(21)22)15(12-14)17(20)18-10-5-11-23-13-6-3-2-4-7-13/h2-4,6-9,12H,5,10-11H2,1H3,(H,18,20). The molecule has 2 rings (SSSR count). The molecule has 0 spiro atoms. The fraction of sp³-hybridized carbons (Fsp3) is 0.235. The van der Waals surface area contributed by atoms with Crippen LogP contribution in [0.4, 0.5) is 5.69 Å². The van der Waals surface area contributed by atoms with Gasteiger partial charge in [-0.2, -0.15) is 0 Å². The lowest BCUT2D eigenvalue weighted by Crippen LogP contribution is -2.26. The summed E-state index contributed by atoms with van der Waals surface area (Å²) in [5.74, 6) is 0.324. The second-order valence-corrected chi connectivity index (χ2v) is 5.79. The SMILES string of the molecule is CSc1ccc([N+](=O)[O-])c(C(=O)NCCCOc2ccccc2)c1. The molecule has 0 heterocycles. The molecule has 7 heteroatoms. The molecule has 0 unspecified atom stereocenters. The van der Waals surface area contributed by atoms with Gasteiger partial charge in [0, 0.05) is 17.5 Å². The Morgan fingerprint density at radius 3 is 2.67 bits per heavy atom. The summed E-state index contributed by atoms with van der Waals surface area (Å²) in [7, 11) is 0. The predicted octanol–water partition coefficient (Wildman–Crippen LogP) is 3.52. The molecule has 0 aliphatic rings. The number of para-hydroxylation sites is 1. The highest BCUT2D eigenvalue weighted by atomic mass is 32.2. The molecule has 2 aromatic rings. The molecule has 24 heavy (non-hydrogen) atoms. The molecule has 0 aliphatic heterocycles. The van der Waals surface area contributed by atoms with E-state index in [4.69, 9.17) is 4.74 Å². The summed E-state index contributed by atoms with van der Waals surface area (Å²) in [6.07, 6.45) is 2.46. The Morgan fingerprint density at radius 1 is 1.25 bits per heavy atom. The Bertz CT molecular complexity index is 707. The number of carbonyl (C=O) groups is 1. The first-order chi connectivity index (χ1) is 11.6. The zero-order chi connectivity index (χ0) is 17.4. The second-order valence-electron chi connectivity index (χ2n) is 4.91. The van der Waals surface area contributed by atoms with E-state index in [0.717, 1.165) is 10.6 Å². The highest BCUT2D eigenvalue weighted by Gasteiger charge is 2.20. The van der Waals surface area contributed by atoms with Crippen molar-refractivity contribution in [2.75, 3.05) is 19.4 Å². The number of nitrogens with zero attached hydrogens (tertiary/aromatic N) is 1. The smallest absolute Gasteiger partial charge is 0.282 e. The van der Waals surface area contributed by atoms with Crippen molar-refractivity contribution in [3.8, 4) is 5.75 Å². The molecule has 2 aromatic carbocycles. The number of thioether (sulfide) groups is 1. The molecule has 126 valence electrons. The van der Waals surface area contributed by atoms with Gasteiger partial charge < -0.3 is 10.1 Å². The summed E-state index contributed by atoms with van der Waals surface area (Å²) < 4.78 is 5.53. The van der Waals surface area contributed by atoms with E-state index >= 15 is 0 Å². The van der Waals surface area contributed by atoms with Crippen molar-refractivity contribution >= 4 is 23.4 Å². The molecule has 1 amide bonds. The molecule has 1 N–H and O–H groups in total. The quantitative estimate of drug-likeness (QED) is 0.342. The number of ether oxygens (including phenoxy) is 1. The van der Waals surface area contributed by atoms with Crippen LogP contribution in [-0.2, 0) is 0 Å². The van der Waals surface area contributed by atoms with E-state index in [2.05, 4.69) is 5.32 Å². The molecule has 0 bridgehead atoms. The van der Waals surface area contributed by atoms with Gasteiger partial charge in [-0.15, -0.1) is 11.8 Å². The number of benzene rings is 2. The zero-order valence-electron chi connectivity index (χ0n) is 13.2. The molecular formula is C17H18N2O4S. The van der Waals surface area contributed by atoms with Gasteiger partial charge in [-0.1, -0.05) is 18.2 Å². The van der Waals surface area contributed by atoms with Gasteiger partial charge in [-0.3, -0.25) is 14.9 Å². The van der Waals surface area contributed by atoms with Crippen LogP contribution >= 0.6 is 11.8 Å². The van der Waals surface area contributed by atoms with E-state index in [1.807, 2.05) is 36.6 Å². The van der Waals surface area contributed by atoms with Gasteiger partial charge in [0.25, 0.3) is 11.6 Å². The van der Waals surface area contributed by atoms with Gasteiger partial charge in [-0.05, 0) is 36.9 Å². The third-order valence-electron chi connectivity index (χ3n) is 3.26. The topological polar surface area (TPSA) is 81.5 Å². The minimum atomic E-state index is -0.544. The lowest BCUT2D eigenvalue weighted by atomic mass is 10.1. The third-order valence-corrected chi connectivity index (χ3v) is 3.99. The number of nitrogens with one attached hydrogen (secondary N) is 1. The van der Waals surface area contributed by atoms with Crippen molar-refractivity contribution in [3.05, 3.63) is 64.2 Å². The van der Waals surface area contributed by atoms with Crippen molar-refractivity contribution < 1.29 is 14.5 Å². The summed E-state index contributed by atoms with van der Waals surface area (Å²) in [6, 6.07) is 13.9. The fourth-order valence-electron chi connectivity index (χ4n) is 2.06. The predicted molar refractivity (Wildman–Crippen MR) is 93.8 cm³/mol. The van der Waals surface area contributed by atoms with Crippen LogP contribution in [0, 0.1) is 10.1 Å². The van der Waals surface area contributed by atoms with Crippen molar-refractivity contribution in [2.45, 2.75) is 11.3 Å². The second kappa shape index (κ2) is 8.93. The van der Waals surface area contributed by atoms with Crippen molar-refractivity contribution in [2.24, 2.45) is 0 Å². The average Bonchev–Trinajstić information content (AvgIpc) is 2.61. The summed E-state index contributed by atoms with van der Waals surface area (Å²) in [6.45, 7) is 0.837. The molecule has 0 aliphatic carbocycles. The molecule has 0 aromatic heterocycles. The Balaban J connectivity index is 1.87. The summed E-state index contributed by atoms with van der Waals surface area (Å²) in [5, 5.41) is 13.8. The van der Waals surface area contributed by atoms with Crippen LogP contribution in [0.2, 0.25) is 0 Å². The molecule has 0 radical (unpaired) electrons. The Labute approximate surface area is 144 Å². The van der Waals surface area contributed by atoms with Gasteiger partial charge in [-0.25, -0.2) is 0 Å². The van der Waals surface area contributed by atoms with Crippen molar-refractivity contribution in [3.63, 3.8) is 0 Å². The summed E-state index contributed by atoms with van der Waals surface area (Å²) in [4.78, 5) is 23.5. The normalized spacial score (nSPS) is 10.2.